The van der Waals surface area contributed by atoms with Crippen LogP contribution >= 0.6 is 11.3 Å². The predicted molar refractivity (Wildman–Crippen MR) is 104 cm³/mol. The molecule has 0 bridgehead atoms. The van der Waals surface area contributed by atoms with Crippen LogP contribution in [-0.4, -0.2) is 15.4 Å². The van der Waals surface area contributed by atoms with Crippen LogP contribution in [0.1, 0.15) is 17.4 Å². The summed E-state index contributed by atoms with van der Waals surface area (Å²) in [6, 6.07) is 13.9. The Morgan fingerprint density at radius 3 is 2.65 bits per heavy atom. The molecular formula is C20H16FN3OS. The van der Waals surface area contributed by atoms with E-state index in [0.29, 0.717) is 15.4 Å². The Bertz CT molecular complexity index is 1120. The maximum absolute atomic E-state index is 13.1. The highest BCUT2D eigenvalue weighted by molar-refractivity contribution is 7.10. The third kappa shape index (κ3) is 2.88. The number of rotatable bonds is 2. The number of halogens is 1. The summed E-state index contributed by atoms with van der Waals surface area (Å²) in [5, 5.41) is 10.5. The third-order valence-corrected chi connectivity index (χ3v) is 5.29. The molecule has 130 valence electrons. The number of fused-ring (bicyclic) bond motifs is 1. The maximum atomic E-state index is 13.1. The Labute approximate surface area is 153 Å². The number of allylic oxidation sites excluding steroid dienone is 1. The highest BCUT2D eigenvalue weighted by atomic mass is 32.1. The van der Waals surface area contributed by atoms with E-state index in [1.165, 1.54) is 23.5 Å². The number of hydrogen-bond donors (Lipinski definition) is 1. The van der Waals surface area contributed by atoms with Gasteiger partial charge in [0.05, 0.1) is 16.3 Å². The fourth-order valence-electron chi connectivity index (χ4n) is 2.83. The quantitative estimate of drug-likeness (QED) is 0.696. The Balaban J connectivity index is 1.80. The second-order valence-corrected chi connectivity index (χ2v) is 7.00. The van der Waals surface area contributed by atoms with Crippen molar-refractivity contribution in [2.75, 3.05) is 0 Å². The molecule has 1 aliphatic heterocycles. The molecule has 26 heavy (non-hydrogen) atoms. The van der Waals surface area contributed by atoms with Gasteiger partial charge in [-0.1, -0.05) is 29.5 Å². The molecule has 0 spiro atoms. The van der Waals surface area contributed by atoms with Crippen molar-refractivity contribution in [3.8, 4) is 5.88 Å². The maximum Gasteiger partial charge on any atom is 0.210 e. The molecule has 0 atom stereocenters. The van der Waals surface area contributed by atoms with E-state index in [2.05, 4.69) is 9.98 Å². The summed E-state index contributed by atoms with van der Waals surface area (Å²) in [7, 11) is 1.75. The van der Waals surface area contributed by atoms with Crippen molar-refractivity contribution < 1.29 is 9.50 Å². The van der Waals surface area contributed by atoms with Gasteiger partial charge in [0.1, 0.15) is 5.82 Å². The van der Waals surface area contributed by atoms with Crippen LogP contribution in [0.3, 0.4) is 0 Å². The number of aliphatic imine (C=N–C) groups is 1. The van der Waals surface area contributed by atoms with Gasteiger partial charge in [-0.25, -0.2) is 9.38 Å². The largest absolute Gasteiger partial charge is 0.493 e. The molecule has 0 radical (unpaired) electrons. The molecule has 2 aromatic carbocycles. The van der Waals surface area contributed by atoms with E-state index >= 15 is 0 Å². The van der Waals surface area contributed by atoms with Gasteiger partial charge in [0.2, 0.25) is 5.88 Å². The molecule has 6 heteroatoms. The average molecular weight is 365 g/mol. The lowest BCUT2D eigenvalue weighted by Crippen LogP contribution is -2.08. The first-order chi connectivity index (χ1) is 12.5. The molecule has 1 aliphatic rings. The van der Waals surface area contributed by atoms with Gasteiger partial charge in [-0.3, -0.25) is 9.56 Å². The van der Waals surface area contributed by atoms with Gasteiger partial charge in [0.15, 0.2) is 4.80 Å². The lowest BCUT2D eigenvalue weighted by atomic mass is 10.0. The van der Waals surface area contributed by atoms with Crippen molar-refractivity contribution >= 4 is 40.1 Å². The molecule has 1 N–H and O–H groups in total. The summed E-state index contributed by atoms with van der Waals surface area (Å²) in [4.78, 5) is 10.4. The second kappa shape index (κ2) is 6.38. The lowest BCUT2D eigenvalue weighted by Gasteiger charge is -2.01. The number of aromatic hydroxyl groups is 1. The zero-order valence-electron chi connectivity index (χ0n) is 14.3. The Hall–Kier alpha value is -2.99. The fraction of sp³-hybridized carbons (Fsp3) is 0.100. The van der Waals surface area contributed by atoms with Crippen LogP contribution in [0.2, 0.25) is 0 Å². The standard InChI is InChI=1S/C20H16FN3OS/c1-12-16(15-5-3-4-6-17(15)22-12)11-18-19(25)24(2)20(26-18)23-14-9-7-13(21)8-10-14/h3-11,25H,1-2H3/b16-11-,23-20?. The van der Waals surface area contributed by atoms with Crippen LogP contribution in [0.5, 0.6) is 5.88 Å². The summed E-state index contributed by atoms with van der Waals surface area (Å²) >= 11 is 1.37. The first-order valence-electron chi connectivity index (χ1n) is 8.09. The summed E-state index contributed by atoms with van der Waals surface area (Å²) in [5.41, 5.74) is 4.53. The molecule has 3 aromatic rings. The van der Waals surface area contributed by atoms with Gasteiger partial charge in [0.25, 0.3) is 0 Å². The van der Waals surface area contributed by atoms with Crippen LogP contribution in [0.4, 0.5) is 15.8 Å². The number of thiazole rings is 1. The Morgan fingerprint density at radius 2 is 1.88 bits per heavy atom. The van der Waals surface area contributed by atoms with Crippen molar-refractivity contribution in [3.63, 3.8) is 0 Å². The van der Waals surface area contributed by atoms with E-state index in [4.69, 9.17) is 0 Å². The minimum absolute atomic E-state index is 0.139. The second-order valence-electron chi connectivity index (χ2n) is 5.99. The number of benzene rings is 2. The van der Waals surface area contributed by atoms with Crippen LogP contribution in [0.15, 0.2) is 58.5 Å². The van der Waals surface area contributed by atoms with E-state index in [-0.39, 0.29) is 11.7 Å². The van der Waals surface area contributed by atoms with Crippen LogP contribution in [0.25, 0.3) is 11.6 Å². The van der Waals surface area contributed by atoms with Gasteiger partial charge in [-0.2, -0.15) is 0 Å². The summed E-state index contributed by atoms with van der Waals surface area (Å²) in [6.07, 6.45) is 1.94. The van der Waals surface area contributed by atoms with E-state index in [0.717, 1.165) is 22.5 Å². The van der Waals surface area contributed by atoms with Gasteiger partial charge in [-0.15, -0.1) is 0 Å². The van der Waals surface area contributed by atoms with Gasteiger partial charge >= 0.3 is 0 Å². The third-order valence-electron chi connectivity index (χ3n) is 4.23. The average Bonchev–Trinajstić information content (AvgIpc) is 3.09. The lowest BCUT2D eigenvalue weighted by molar-refractivity contribution is 0.427. The summed E-state index contributed by atoms with van der Waals surface area (Å²) < 4.78 is 14.7. The highest BCUT2D eigenvalue weighted by Gasteiger charge is 2.18. The van der Waals surface area contributed by atoms with Crippen molar-refractivity contribution in [2.24, 2.45) is 17.0 Å². The molecule has 4 nitrogen and oxygen atoms in total. The normalized spacial score (nSPS) is 15.4. The number of para-hydroxylation sites is 1. The zero-order valence-corrected chi connectivity index (χ0v) is 15.1. The molecular weight excluding hydrogens is 349 g/mol. The molecule has 2 heterocycles. The Kier molecular flexibility index (Phi) is 4.05. The minimum atomic E-state index is -0.303. The van der Waals surface area contributed by atoms with Crippen molar-refractivity contribution in [1.82, 2.24) is 4.57 Å². The number of nitrogens with zero attached hydrogens (tertiary/aromatic N) is 3. The molecule has 1 aromatic heterocycles. The Morgan fingerprint density at radius 1 is 1.15 bits per heavy atom. The van der Waals surface area contributed by atoms with Crippen molar-refractivity contribution in [1.29, 1.82) is 0 Å². The SMILES string of the molecule is CC1=Nc2ccccc2/C1=C\c1sc(=Nc2ccc(F)cc2)n(C)c1O. The van der Waals surface area contributed by atoms with Crippen molar-refractivity contribution in [2.45, 2.75) is 6.92 Å². The number of hydrogen-bond acceptors (Lipinski definition) is 4. The monoisotopic (exact) mass is 365 g/mol. The smallest absolute Gasteiger partial charge is 0.210 e. The molecule has 0 saturated heterocycles. The van der Waals surface area contributed by atoms with Gasteiger partial charge in [0, 0.05) is 23.9 Å². The zero-order chi connectivity index (χ0) is 18.3. The van der Waals surface area contributed by atoms with E-state index < -0.39 is 0 Å². The van der Waals surface area contributed by atoms with Gasteiger partial charge < -0.3 is 5.11 Å². The predicted octanol–water partition coefficient (Wildman–Crippen LogP) is 4.81. The first kappa shape index (κ1) is 16.5. The molecule has 4 rings (SSSR count). The molecule has 0 saturated carbocycles. The highest BCUT2D eigenvalue weighted by Crippen LogP contribution is 2.37. The summed E-state index contributed by atoms with van der Waals surface area (Å²) in [5.74, 6) is -0.164. The molecule has 0 amide bonds. The van der Waals surface area contributed by atoms with Crippen LogP contribution in [0, 0.1) is 5.82 Å². The summed E-state index contributed by atoms with van der Waals surface area (Å²) in [6.45, 7) is 1.96. The van der Waals surface area contributed by atoms with E-state index in [1.807, 2.05) is 37.3 Å². The molecule has 0 fully saturated rings. The topological polar surface area (TPSA) is 49.9 Å². The first-order valence-corrected chi connectivity index (χ1v) is 8.90. The molecule has 0 unspecified atom stereocenters. The molecule has 0 aliphatic carbocycles. The van der Waals surface area contributed by atoms with Gasteiger partial charge in [-0.05, 0) is 43.3 Å². The van der Waals surface area contributed by atoms with E-state index in [1.54, 1.807) is 23.7 Å². The van der Waals surface area contributed by atoms with E-state index in [9.17, 15) is 9.50 Å². The fourth-order valence-corrected chi connectivity index (χ4v) is 3.81. The van der Waals surface area contributed by atoms with Crippen LogP contribution < -0.4 is 4.80 Å². The van der Waals surface area contributed by atoms with Crippen LogP contribution in [-0.2, 0) is 7.05 Å². The minimum Gasteiger partial charge on any atom is -0.493 e. The van der Waals surface area contributed by atoms with Crippen molar-refractivity contribution in [3.05, 3.63) is 69.6 Å². The number of aromatic nitrogens is 1.